The van der Waals surface area contributed by atoms with E-state index in [0.29, 0.717) is 5.92 Å². The van der Waals surface area contributed by atoms with Gasteiger partial charge in [0.2, 0.25) is 0 Å². The number of halogens is 1. The highest BCUT2D eigenvalue weighted by Crippen LogP contribution is 2.41. The number of fused-ring (bicyclic) bond motifs is 1. The van der Waals surface area contributed by atoms with Crippen molar-refractivity contribution in [3.63, 3.8) is 0 Å². The third kappa shape index (κ3) is 2.02. The molecule has 1 aromatic heterocycles. The SMILES string of the molecule is Brc1cccc(-c2csc(C3Cc4ccccc43)n2)c1. The number of nitrogens with zero attached hydrogens (tertiary/aromatic N) is 1. The standard InChI is InChI=1S/C17H12BrNS/c18-13-6-3-5-12(8-13)16-10-20-17(19-16)15-9-11-4-1-2-7-14(11)15/h1-8,10,15H,9H2. The van der Waals surface area contributed by atoms with E-state index in [4.69, 9.17) is 4.98 Å². The molecule has 20 heavy (non-hydrogen) atoms. The van der Waals surface area contributed by atoms with Gasteiger partial charge in [0.1, 0.15) is 5.01 Å². The van der Waals surface area contributed by atoms with Crippen LogP contribution in [0.5, 0.6) is 0 Å². The lowest BCUT2D eigenvalue weighted by Crippen LogP contribution is -2.17. The molecule has 0 fully saturated rings. The van der Waals surface area contributed by atoms with E-state index < -0.39 is 0 Å². The monoisotopic (exact) mass is 341 g/mol. The second-order valence-electron chi connectivity index (χ2n) is 5.04. The van der Waals surface area contributed by atoms with E-state index in [1.165, 1.54) is 21.7 Å². The van der Waals surface area contributed by atoms with Crippen molar-refractivity contribution in [3.05, 3.63) is 74.5 Å². The molecule has 0 spiro atoms. The van der Waals surface area contributed by atoms with E-state index in [0.717, 1.165) is 16.6 Å². The van der Waals surface area contributed by atoms with E-state index in [1.54, 1.807) is 11.3 Å². The van der Waals surface area contributed by atoms with Gasteiger partial charge >= 0.3 is 0 Å². The van der Waals surface area contributed by atoms with E-state index in [2.05, 4.69) is 63.8 Å². The molecular weight excluding hydrogens is 330 g/mol. The number of benzene rings is 2. The molecule has 0 radical (unpaired) electrons. The maximum absolute atomic E-state index is 4.84. The van der Waals surface area contributed by atoms with Crippen molar-refractivity contribution in [3.8, 4) is 11.3 Å². The first-order chi connectivity index (χ1) is 9.81. The highest BCUT2D eigenvalue weighted by molar-refractivity contribution is 9.10. The molecule has 2 aromatic carbocycles. The fourth-order valence-electron chi connectivity index (χ4n) is 2.71. The van der Waals surface area contributed by atoms with Gasteiger partial charge in [0.25, 0.3) is 0 Å². The Morgan fingerprint density at radius 2 is 2.00 bits per heavy atom. The fraction of sp³-hybridized carbons (Fsp3) is 0.118. The highest BCUT2D eigenvalue weighted by Gasteiger charge is 2.29. The Labute approximate surface area is 130 Å². The predicted octanol–water partition coefficient (Wildman–Crippen LogP) is 5.26. The Bertz CT molecular complexity index is 778. The Morgan fingerprint density at radius 3 is 2.85 bits per heavy atom. The quantitative estimate of drug-likeness (QED) is 0.619. The first kappa shape index (κ1) is 12.3. The van der Waals surface area contributed by atoms with Crippen molar-refractivity contribution in [2.24, 2.45) is 0 Å². The molecule has 1 aliphatic carbocycles. The van der Waals surface area contributed by atoms with Crippen LogP contribution in [0.1, 0.15) is 22.1 Å². The number of hydrogen-bond acceptors (Lipinski definition) is 2. The largest absolute Gasteiger partial charge is 0.241 e. The lowest BCUT2D eigenvalue weighted by molar-refractivity contribution is 0.703. The zero-order valence-corrected chi connectivity index (χ0v) is 13.1. The molecular formula is C17H12BrNS. The summed E-state index contributed by atoms with van der Waals surface area (Å²) >= 11 is 5.29. The molecule has 1 atom stereocenters. The van der Waals surface area contributed by atoms with Crippen molar-refractivity contribution in [1.29, 1.82) is 0 Å². The molecule has 0 aliphatic heterocycles. The summed E-state index contributed by atoms with van der Waals surface area (Å²) in [6, 6.07) is 17.0. The van der Waals surface area contributed by atoms with Crippen molar-refractivity contribution >= 4 is 27.3 Å². The Kier molecular flexibility index (Phi) is 2.97. The summed E-state index contributed by atoms with van der Waals surface area (Å²) < 4.78 is 1.10. The van der Waals surface area contributed by atoms with Gasteiger partial charge in [-0.05, 0) is 29.7 Å². The summed E-state index contributed by atoms with van der Waals surface area (Å²) in [5.41, 5.74) is 5.17. The normalized spacial score (nSPS) is 16.6. The molecule has 98 valence electrons. The van der Waals surface area contributed by atoms with Crippen LogP contribution in [0.25, 0.3) is 11.3 Å². The van der Waals surface area contributed by atoms with Gasteiger partial charge in [0, 0.05) is 21.3 Å². The number of aromatic nitrogens is 1. The summed E-state index contributed by atoms with van der Waals surface area (Å²) in [6.45, 7) is 0. The van der Waals surface area contributed by atoms with Crippen molar-refractivity contribution < 1.29 is 0 Å². The van der Waals surface area contributed by atoms with Crippen LogP contribution in [0.2, 0.25) is 0 Å². The first-order valence-electron chi connectivity index (χ1n) is 6.60. The van der Waals surface area contributed by atoms with Gasteiger partial charge in [-0.3, -0.25) is 0 Å². The minimum atomic E-state index is 0.497. The van der Waals surface area contributed by atoms with E-state index in [9.17, 15) is 0 Å². The zero-order valence-electron chi connectivity index (χ0n) is 10.7. The molecule has 0 bridgehead atoms. The fourth-order valence-corrected chi connectivity index (χ4v) is 4.05. The molecule has 1 aliphatic rings. The lowest BCUT2D eigenvalue weighted by atomic mass is 9.78. The summed E-state index contributed by atoms with van der Waals surface area (Å²) in [6.07, 6.45) is 1.13. The average molecular weight is 342 g/mol. The second kappa shape index (κ2) is 4.83. The average Bonchev–Trinajstić information content (AvgIpc) is 2.90. The summed E-state index contributed by atoms with van der Waals surface area (Å²) in [7, 11) is 0. The summed E-state index contributed by atoms with van der Waals surface area (Å²) in [4.78, 5) is 4.84. The summed E-state index contributed by atoms with van der Waals surface area (Å²) in [5.74, 6) is 0.497. The van der Waals surface area contributed by atoms with Crippen LogP contribution < -0.4 is 0 Å². The van der Waals surface area contributed by atoms with Gasteiger partial charge in [-0.2, -0.15) is 0 Å². The van der Waals surface area contributed by atoms with Crippen LogP contribution in [-0.2, 0) is 6.42 Å². The van der Waals surface area contributed by atoms with Crippen LogP contribution in [-0.4, -0.2) is 4.98 Å². The highest BCUT2D eigenvalue weighted by atomic mass is 79.9. The molecule has 0 saturated carbocycles. The molecule has 3 heteroatoms. The smallest absolute Gasteiger partial charge is 0.101 e. The van der Waals surface area contributed by atoms with Crippen LogP contribution in [0.15, 0.2) is 58.4 Å². The van der Waals surface area contributed by atoms with Crippen LogP contribution in [0.4, 0.5) is 0 Å². The van der Waals surface area contributed by atoms with Gasteiger partial charge < -0.3 is 0 Å². The molecule has 0 saturated heterocycles. The summed E-state index contributed by atoms with van der Waals surface area (Å²) in [5, 5.41) is 3.40. The van der Waals surface area contributed by atoms with E-state index >= 15 is 0 Å². The Morgan fingerprint density at radius 1 is 1.10 bits per heavy atom. The molecule has 0 amide bonds. The van der Waals surface area contributed by atoms with Crippen molar-refractivity contribution in [2.45, 2.75) is 12.3 Å². The molecule has 3 aromatic rings. The van der Waals surface area contributed by atoms with E-state index in [1.807, 2.05) is 6.07 Å². The molecule has 1 nitrogen and oxygen atoms in total. The van der Waals surface area contributed by atoms with Gasteiger partial charge in [-0.25, -0.2) is 4.98 Å². The maximum Gasteiger partial charge on any atom is 0.101 e. The minimum absolute atomic E-state index is 0.497. The second-order valence-corrected chi connectivity index (χ2v) is 6.84. The minimum Gasteiger partial charge on any atom is -0.241 e. The van der Waals surface area contributed by atoms with Crippen LogP contribution in [0.3, 0.4) is 0 Å². The molecule has 4 rings (SSSR count). The molecule has 1 heterocycles. The lowest BCUT2D eigenvalue weighted by Gasteiger charge is -2.28. The van der Waals surface area contributed by atoms with Gasteiger partial charge in [-0.1, -0.05) is 52.3 Å². The van der Waals surface area contributed by atoms with Crippen molar-refractivity contribution in [1.82, 2.24) is 4.98 Å². The van der Waals surface area contributed by atoms with Gasteiger partial charge in [0.05, 0.1) is 5.69 Å². The third-order valence-corrected chi connectivity index (χ3v) is 5.25. The topological polar surface area (TPSA) is 12.9 Å². The van der Waals surface area contributed by atoms with Crippen LogP contribution in [0, 0.1) is 0 Å². The number of thiazole rings is 1. The third-order valence-electron chi connectivity index (χ3n) is 3.79. The number of rotatable bonds is 2. The Balaban J connectivity index is 1.67. The number of hydrogen-bond donors (Lipinski definition) is 0. The van der Waals surface area contributed by atoms with Gasteiger partial charge in [-0.15, -0.1) is 11.3 Å². The first-order valence-corrected chi connectivity index (χ1v) is 8.28. The van der Waals surface area contributed by atoms with Crippen LogP contribution >= 0.6 is 27.3 Å². The molecule has 1 unspecified atom stereocenters. The molecule has 0 N–H and O–H groups in total. The maximum atomic E-state index is 4.84. The van der Waals surface area contributed by atoms with E-state index in [-0.39, 0.29) is 0 Å². The predicted molar refractivity (Wildman–Crippen MR) is 87.2 cm³/mol. The van der Waals surface area contributed by atoms with Gasteiger partial charge in [0.15, 0.2) is 0 Å². The zero-order chi connectivity index (χ0) is 13.5. The Hall–Kier alpha value is -1.45. The van der Waals surface area contributed by atoms with Crippen molar-refractivity contribution in [2.75, 3.05) is 0 Å².